The van der Waals surface area contributed by atoms with Gasteiger partial charge < -0.3 is 0 Å². The van der Waals surface area contributed by atoms with Crippen LogP contribution in [0.25, 0.3) is 0 Å². The molecule has 0 radical (unpaired) electrons. The van der Waals surface area contributed by atoms with E-state index in [1.54, 1.807) is 0 Å². The SMILES string of the molecule is C=C(CCCC)SCCCCC.[2H]C#CCCCC. The van der Waals surface area contributed by atoms with Gasteiger partial charge >= 0.3 is 0 Å². The fourth-order valence-electron chi connectivity index (χ4n) is 1.28. The minimum Gasteiger partial charge on any atom is -0.131 e. The van der Waals surface area contributed by atoms with E-state index < -0.39 is 0 Å². The van der Waals surface area contributed by atoms with E-state index in [2.05, 4.69) is 39.7 Å². The van der Waals surface area contributed by atoms with E-state index in [0.717, 1.165) is 12.8 Å². The molecule has 0 aliphatic carbocycles. The Labute approximate surface area is 121 Å². The molecule has 0 aromatic rings. The van der Waals surface area contributed by atoms with Crippen molar-refractivity contribution in [2.24, 2.45) is 0 Å². The molecule has 0 N–H and O–H groups in total. The Morgan fingerprint density at radius 2 is 1.78 bits per heavy atom. The minimum absolute atomic E-state index is 0.889. The number of hydrogen-bond donors (Lipinski definition) is 0. The predicted molar refractivity (Wildman–Crippen MR) is 89.0 cm³/mol. The lowest BCUT2D eigenvalue weighted by atomic mass is 10.2. The van der Waals surface area contributed by atoms with Crippen LogP contribution in [0.3, 0.4) is 0 Å². The second-order valence-electron chi connectivity index (χ2n) is 4.48. The average molecular weight is 270 g/mol. The van der Waals surface area contributed by atoms with Crippen LogP contribution in [0.2, 0.25) is 0 Å². The molecule has 0 atom stereocenters. The number of allylic oxidation sites excluding steroid dienone is 1. The van der Waals surface area contributed by atoms with E-state index in [-0.39, 0.29) is 0 Å². The molecule has 18 heavy (non-hydrogen) atoms. The van der Waals surface area contributed by atoms with Crippen LogP contribution in [0.5, 0.6) is 0 Å². The van der Waals surface area contributed by atoms with E-state index in [1.165, 1.54) is 55.6 Å². The lowest BCUT2D eigenvalue weighted by Gasteiger charge is -2.03. The number of unbranched alkanes of at least 4 members (excludes halogenated alkanes) is 5. The van der Waals surface area contributed by atoms with E-state index in [1.807, 2.05) is 11.8 Å². The molecule has 0 aliphatic rings. The van der Waals surface area contributed by atoms with Crippen molar-refractivity contribution in [2.75, 3.05) is 5.75 Å². The molecular weight excluding hydrogens is 236 g/mol. The maximum Gasteiger partial charge on any atom is 0.124 e. The zero-order chi connectivity index (χ0) is 14.8. The fraction of sp³-hybridized carbons (Fsp3) is 0.765. The van der Waals surface area contributed by atoms with Crippen LogP contribution in [-0.2, 0) is 0 Å². The van der Waals surface area contributed by atoms with Gasteiger partial charge in [-0.2, -0.15) is 0 Å². The van der Waals surface area contributed by atoms with Crippen LogP contribution < -0.4 is 0 Å². The molecule has 0 fully saturated rings. The summed E-state index contributed by atoms with van der Waals surface area (Å²) >= 11 is 1.96. The highest BCUT2D eigenvalue weighted by Gasteiger charge is 1.94. The van der Waals surface area contributed by atoms with Crippen molar-refractivity contribution in [2.45, 2.75) is 78.6 Å². The van der Waals surface area contributed by atoms with Crippen molar-refractivity contribution in [1.82, 2.24) is 0 Å². The highest BCUT2D eigenvalue weighted by atomic mass is 32.2. The largest absolute Gasteiger partial charge is 0.131 e. The molecule has 106 valence electrons. The maximum absolute atomic E-state index is 6.42. The number of rotatable bonds is 10. The highest BCUT2D eigenvalue weighted by molar-refractivity contribution is 8.03. The minimum atomic E-state index is 0.889. The molecule has 0 saturated heterocycles. The zero-order valence-corrected chi connectivity index (χ0v) is 13.5. The summed E-state index contributed by atoms with van der Waals surface area (Å²) in [5, 5.41) is 0. The van der Waals surface area contributed by atoms with Gasteiger partial charge in [0.25, 0.3) is 0 Å². The molecule has 0 bridgehead atoms. The van der Waals surface area contributed by atoms with Gasteiger partial charge in [-0.15, -0.1) is 24.1 Å². The van der Waals surface area contributed by atoms with Gasteiger partial charge in [-0.25, -0.2) is 0 Å². The highest BCUT2D eigenvalue weighted by Crippen LogP contribution is 2.20. The molecule has 1 heteroatoms. The molecule has 0 amide bonds. The quantitative estimate of drug-likeness (QED) is 0.325. The fourth-order valence-corrected chi connectivity index (χ4v) is 2.21. The molecule has 0 rings (SSSR count). The van der Waals surface area contributed by atoms with E-state index >= 15 is 0 Å². The summed E-state index contributed by atoms with van der Waals surface area (Å²) in [6.07, 6.45) is 13.1. The third-order valence-corrected chi connectivity index (χ3v) is 3.62. The van der Waals surface area contributed by atoms with Gasteiger partial charge in [0.15, 0.2) is 0 Å². The Kier molecular flexibility index (Phi) is 18.6. The topological polar surface area (TPSA) is 0 Å². The van der Waals surface area contributed by atoms with Crippen molar-refractivity contribution in [1.29, 1.82) is 0 Å². The summed E-state index contributed by atoms with van der Waals surface area (Å²) < 4.78 is 6.42. The molecule has 0 unspecified atom stereocenters. The predicted octanol–water partition coefficient (Wildman–Crippen LogP) is 6.42. The van der Waals surface area contributed by atoms with Crippen LogP contribution in [0.15, 0.2) is 11.5 Å². The summed E-state index contributed by atoms with van der Waals surface area (Å²) in [4.78, 5) is 1.38. The van der Waals surface area contributed by atoms with Crippen molar-refractivity contribution in [3.63, 3.8) is 0 Å². The molecule has 0 saturated carbocycles. The van der Waals surface area contributed by atoms with Crippen molar-refractivity contribution in [3.8, 4) is 12.3 Å². The molecule has 0 nitrogen and oxygen atoms in total. The lowest BCUT2D eigenvalue weighted by molar-refractivity contribution is 0.777. The van der Waals surface area contributed by atoms with Gasteiger partial charge in [-0.05, 0) is 36.3 Å². The smallest absolute Gasteiger partial charge is 0.124 e. The van der Waals surface area contributed by atoms with Crippen LogP contribution in [0.4, 0.5) is 0 Å². The second kappa shape index (κ2) is 19.0. The van der Waals surface area contributed by atoms with Gasteiger partial charge in [0, 0.05) is 6.42 Å². The summed E-state index contributed by atoms with van der Waals surface area (Å²) in [5.41, 5.74) is 0. The Balaban J connectivity index is 0. The number of thioether (sulfide) groups is 1. The number of hydrogen-bond acceptors (Lipinski definition) is 1. The Hall–Kier alpha value is -0.350. The molecule has 0 heterocycles. The van der Waals surface area contributed by atoms with Gasteiger partial charge in [-0.3, -0.25) is 0 Å². The molecule has 0 spiro atoms. The third-order valence-electron chi connectivity index (χ3n) is 2.52. The summed E-state index contributed by atoms with van der Waals surface area (Å²) in [5.74, 6) is 3.94. The van der Waals surface area contributed by atoms with Crippen LogP contribution in [-0.4, -0.2) is 5.75 Å². The first-order valence-electron chi connectivity index (χ1n) is 7.92. The summed E-state index contributed by atoms with van der Waals surface area (Å²) in [6.45, 7) is 10.6. The Bertz CT molecular complexity index is 237. The third kappa shape index (κ3) is 21.0. The van der Waals surface area contributed by atoms with E-state index in [9.17, 15) is 0 Å². The molecule has 0 aromatic carbocycles. The Morgan fingerprint density at radius 3 is 2.33 bits per heavy atom. The van der Waals surface area contributed by atoms with Crippen LogP contribution >= 0.6 is 11.8 Å². The average Bonchev–Trinajstić information content (AvgIpc) is 2.43. The van der Waals surface area contributed by atoms with Crippen molar-refractivity contribution >= 4 is 11.8 Å². The van der Waals surface area contributed by atoms with Crippen molar-refractivity contribution in [3.05, 3.63) is 11.5 Å². The zero-order valence-electron chi connectivity index (χ0n) is 13.7. The first-order valence-corrected chi connectivity index (χ1v) is 8.41. The van der Waals surface area contributed by atoms with Gasteiger partial charge in [0.1, 0.15) is 1.37 Å². The van der Waals surface area contributed by atoms with E-state index in [4.69, 9.17) is 1.37 Å². The van der Waals surface area contributed by atoms with Gasteiger partial charge in [0.2, 0.25) is 0 Å². The normalized spacial score (nSPS) is 9.61. The second-order valence-corrected chi connectivity index (χ2v) is 5.75. The monoisotopic (exact) mass is 269 g/mol. The lowest BCUT2D eigenvalue weighted by Crippen LogP contribution is -1.82. The van der Waals surface area contributed by atoms with Crippen molar-refractivity contribution < 1.29 is 1.37 Å². The first kappa shape index (κ1) is 17.6. The molecular formula is C17H32S. The standard InChI is InChI=1S/C11H22S.C6H10/c1-4-6-8-10-12-11(3)9-7-5-2;1-3-5-6-4-2/h3-10H2,1-2H3;1H,4-6H2,2H3/i;1D. The van der Waals surface area contributed by atoms with Gasteiger partial charge in [-0.1, -0.05) is 53.0 Å². The number of terminal acetylenes is 1. The maximum atomic E-state index is 6.42. The van der Waals surface area contributed by atoms with Gasteiger partial charge in [0.05, 0.1) is 0 Å². The summed E-state index contributed by atoms with van der Waals surface area (Å²) in [7, 11) is 0. The van der Waals surface area contributed by atoms with Crippen LogP contribution in [0.1, 0.15) is 79.9 Å². The summed E-state index contributed by atoms with van der Waals surface area (Å²) in [6, 6.07) is 0. The Morgan fingerprint density at radius 1 is 1.11 bits per heavy atom. The molecule has 0 aromatic heterocycles. The van der Waals surface area contributed by atoms with E-state index in [0.29, 0.717) is 0 Å². The molecule has 0 aliphatic heterocycles. The first-order chi connectivity index (χ1) is 9.22. The van der Waals surface area contributed by atoms with Crippen LogP contribution in [0, 0.1) is 12.3 Å².